The predicted molar refractivity (Wildman–Crippen MR) is 211 cm³/mol. The highest BCUT2D eigenvalue weighted by Gasteiger charge is 1.94. The Morgan fingerprint density at radius 1 is 0.396 bits per heavy atom. The Bertz CT molecular complexity index is 930. The van der Waals surface area contributed by atoms with Crippen molar-refractivity contribution in [3.63, 3.8) is 0 Å². The first kappa shape index (κ1) is 47.0. The summed E-state index contributed by atoms with van der Waals surface area (Å²) < 4.78 is 0. The molecule has 48 heavy (non-hydrogen) atoms. The van der Waals surface area contributed by atoms with Crippen molar-refractivity contribution in [1.82, 2.24) is 0 Å². The van der Waals surface area contributed by atoms with E-state index in [1.54, 1.807) is 6.08 Å². The second-order valence-electron chi connectivity index (χ2n) is 12.3. The van der Waals surface area contributed by atoms with E-state index < -0.39 is 11.9 Å². The van der Waals surface area contributed by atoms with E-state index in [1.807, 2.05) is 18.2 Å². The Balaban J connectivity index is 0. The first-order chi connectivity index (χ1) is 23.5. The van der Waals surface area contributed by atoms with Gasteiger partial charge in [-0.25, -0.2) is 4.79 Å². The number of unbranched alkanes of at least 4 members (excludes halogenated alkanes) is 17. The molecule has 0 aliphatic carbocycles. The summed E-state index contributed by atoms with van der Waals surface area (Å²) in [6.45, 7) is 4.52. The average Bonchev–Trinajstić information content (AvgIpc) is 3.07. The van der Waals surface area contributed by atoms with Gasteiger partial charge in [0.05, 0.1) is 0 Å². The molecule has 0 atom stereocenters. The van der Waals surface area contributed by atoms with Gasteiger partial charge < -0.3 is 10.2 Å². The van der Waals surface area contributed by atoms with Crippen LogP contribution in [0.5, 0.6) is 0 Å². The molecule has 2 N–H and O–H groups in total. The van der Waals surface area contributed by atoms with Gasteiger partial charge in [0.2, 0.25) is 0 Å². The maximum absolute atomic E-state index is 10.3. The SMILES string of the molecule is CCCCCCC=CCC=CCC=CCC=CCCCCC(=O)O.CCCCCCCCCCCCCC=CC=CC=CC=CC(=O)O. The van der Waals surface area contributed by atoms with Crippen molar-refractivity contribution in [2.75, 3.05) is 0 Å². The van der Waals surface area contributed by atoms with Crippen LogP contribution in [0.4, 0.5) is 0 Å². The minimum Gasteiger partial charge on any atom is -0.481 e. The van der Waals surface area contributed by atoms with Gasteiger partial charge in [0.15, 0.2) is 0 Å². The number of aliphatic carboxylic acids is 2. The van der Waals surface area contributed by atoms with Crippen molar-refractivity contribution in [3.05, 3.63) is 97.2 Å². The van der Waals surface area contributed by atoms with Gasteiger partial charge in [0, 0.05) is 12.5 Å². The quantitative estimate of drug-likeness (QED) is 0.0325. The second-order valence-corrected chi connectivity index (χ2v) is 12.3. The zero-order valence-electron chi connectivity index (χ0n) is 30.9. The molecule has 0 bridgehead atoms. The van der Waals surface area contributed by atoms with Crippen molar-refractivity contribution < 1.29 is 19.8 Å². The number of carboxylic acid groups (broad SMARTS) is 2. The van der Waals surface area contributed by atoms with E-state index in [1.165, 1.54) is 109 Å². The summed E-state index contributed by atoms with van der Waals surface area (Å²) in [5.41, 5.74) is 0. The molecule has 0 rings (SSSR count). The summed E-state index contributed by atoms with van der Waals surface area (Å²) in [6.07, 6.45) is 60.9. The predicted octanol–water partition coefficient (Wildman–Crippen LogP) is 14.0. The van der Waals surface area contributed by atoms with Crippen LogP contribution in [0.2, 0.25) is 0 Å². The van der Waals surface area contributed by atoms with Crippen LogP contribution in [0.15, 0.2) is 97.2 Å². The number of hydrogen-bond donors (Lipinski definition) is 2. The van der Waals surface area contributed by atoms with E-state index in [9.17, 15) is 9.59 Å². The van der Waals surface area contributed by atoms with E-state index in [0.717, 1.165) is 51.0 Å². The molecule has 4 heteroatoms. The van der Waals surface area contributed by atoms with E-state index in [0.29, 0.717) is 0 Å². The molecule has 0 aromatic rings. The highest BCUT2D eigenvalue weighted by molar-refractivity contribution is 5.80. The molecule has 272 valence electrons. The third kappa shape index (κ3) is 49.7. The van der Waals surface area contributed by atoms with Crippen molar-refractivity contribution in [2.45, 2.75) is 168 Å². The van der Waals surface area contributed by atoms with Gasteiger partial charge in [-0.1, -0.05) is 188 Å². The molecule has 0 unspecified atom stereocenters. The average molecular weight is 665 g/mol. The van der Waals surface area contributed by atoms with Crippen molar-refractivity contribution in [3.8, 4) is 0 Å². The molecule has 0 spiro atoms. The van der Waals surface area contributed by atoms with Crippen LogP contribution in [-0.4, -0.2) is 22.2 Å². The number of rotatable bonds is 32. The highest BCUT2D eigenvalue weighted by Crippen LogP contribution is 2.12. The number of carbonyl (C=O) groups is 2. The number of carboxylic acids is 2. The van der Waals surface area contributed by atoms with Crippen molar-refractivity contribution >= 4 is 11.9 Å². The molecule has 0 saturated heterocycles. The minimum atomic E-state index is -0.921. The molecular formula is C44H72O4. The van der Waals surface area contributed by atoms with Gasteiger partial charge in [0.25, 0.3) is 0 Å². The maximum atomic E-state index is 10.3. The maximum Gasteiger partial charge on any atom is 0.328 e. The van der Waals surface area contributed by atoms with Gasteiger partial charge in [-0.15, -0.1) is 0 Å². The zero-order valence-corrected chi connectivity index (χ0v) is 30.9. The smallest absolute Gasteiger partial charge is 0.328 e. The molecule has 0 aromatic carbocycles. The van der Waals surface area contributed by atoms with E-state index >= 15 is 0 Å². The molecule has 0 aliphatic heterocycles. The van der Waals surface area contributed by atoms with Crippen LogP contribution in [0.1, 0.15) is 168 Å². The van der Waals surface area contributed by atoms with Crippen molar-refractivity contribution in [2.24, 2.45) is 0 Å². The van der Waals surface area contributed by atoms with Gasteiger partial charge in [-0.05, 0) is 64.2 Å². The molecule has 0 fully saturated rings. The summed E-state index contributed by atoms with van der Waals surface area (Å²) in [5.74, 6) is -1.62. The first-order valence-corrected chi connectivity index (χ1v) is 19.3. The molecule has 0 aromatic heterocycles. The minimum absolute atomic E-state index is 0.286. The normalized spacial score (nSPS) is 12.4. The van der Waals surface area contributed by atoms with Crippen LogP contribution in [0.3, 0.4) is 0 Å². The lowest BCUT2D eigenvalue weighted by Crippen LogP contribution is -1.92. The number of hydrogen-bond acceptors (Lipinski definition) is 2. The Morgan fingerprint density at radius 3 is 1.21 bits per heavy atom. The second kappa shape index (κ2) is 43.9. The summed E-state index contributed by atoms with van der Waals surface area (Å²) in [4.78, 5) is 20.6. The molecule has 0 heterocycles. The fraction of sp³-hybridized carbons (Fsp3) is 0.591. The third-order valence-corrected chi connectivity index (χ3v) is 7.62. The lowest BCUT2D eigenvalue weighted by Gasteiger charge is -2.01. The van der Waals surface area contributed by atoms with Gasteiger partial charge in [-0.3, -0.25) is 4.79 Å². The summed E-state index contributed by atoms with van der Waals surface area (Å²) in [5, 5.41) is 16.9. The largest absolute Gasteiger partial charge is 0.481 e. The van der Waals surface area contributed by atoms with Crippen molar-refractivity contribution in [1.29, 1.82) is 0 Å². The van der Waals surface area contributed by atoms with Crippen LogP contribution >= 0.6 is 0 Å². The van der Waals surface area contributed by atoms with Gasteiger partial charge in [-0.2, -0.15) is 0 Å². The van der Waals surface area contributed by atoms with Gasteiger partial charge in [0.1, 0.15) is 0 Å². The van der Waals surface area contributed by atoms with Crippen LogP contribution in [0, 0.1) is 0 Å². The van der Waals surface area contributed by atoms with Crippen LogP contribution in [0.25, 0.3) is 0 Å². The molecule has 0 radical (unpaired) electrons. The van der Waals surface area contributed by atoms with E-state index in [2.05, 4.69) is 74.6 Å². The summed E-state index contributed by atoms with van der Waals surface area (Å²) in [7, 11) is 0. The third-order valence-electron chi connectivity index (χ3n) is 7.62. The Kier molecular flexibility index (Phi) is 42.9. The van der Waals surface area contributed by atoms with E-state index in [-0.39, 0.29) is 6.42 Å². The van der Waals surface area contributed by atoms with Gasteiger partial charge >= 0.3 is 11.9 Å². The number of allylic oxidation sites excluding steroid dienone is 15. The lowest BCUT2D eigenvalue weighted by atomic mass is 10.1. The topological polar surface area (TPSA) is 74.6 Å². The Morgan fingerprint density at radius 2 is 0.750 bits per heavy atom. The fourth-order valence-electron chi connectivity index (χ4n) is 4.77. The Labute approximate surface area is 296 Å². The summed E-state index contributed by atoms with van der Waals surface area (Å²) >= 11 is 0. The molecule has 0 aliphatic rings. The molecular weight excluding hydrogens is 592 g/mol. The lowest BCUT2D eigenvalue weighted by molar-refractivity contribution is -0.137. The molecule has 4 nitrogen and oxygen atoms in total. The Hall–Kier alpha value is -3.14. The zero-order chi connectivity index (χ0) is 35.4. The molecule has 0 amide bonds. The first-order valence-electron chi connectivity index (χ1n) is 19.3. The van der Waals surface area contributed by atoms with E-state index in [4.69, 9.17) is 10.2 Å². The standard InChI is InChI=1S/2C22H36O2/c2*1-2-3-4-5-6-7-8-9-10-11-12-13-14-15-16-17-18-19-20-21-22(23)24/h14-21H,2-13H2,1H3,(H,23,24);7-8,10-11,13-14,16-17H,2-6,9,12,15,18-21H2,1H3,(H,23,24). The summed E-state index contributed by atoms with van der Waals surface area (Å²) in [6, 6.07) is 0. The monoisotopic (exact) mass is 665 g/mol. The fourth-order valence-corrected chi connectivity index (χ4v) is 4.77. The van der Waals surface area contributed by atoms with Crippen LogP contribution in [-0.2, 0) is 9.59 Å². The van der Waals surface area contributed by atoms with Crippen LogP contribution < -0.4 is 0 Å². The highest BCUT2D eigenvalue weighted by atomic mass is 16.4. The molecule has 0 saturated carbocycles.